The Morgan fingerprint density at radius 1 is 1.03 bits per heavy atom. The van der Waals surface area contributed by atoms with Gasteiger partial charge in [0.1, 0.15) is 18.3 Å². The molecule has 1 fully saturated rings. The lowest BCUT2D eigenvalue weighted by atomic mass is 9.96. The molecule has 1 aromatic rings. The molecule has 0 bridgehead atoms. The predicted molar refractivity (Wildman–Crippen MR) is 115 cm³/mol. The van der Waals surface area contributed by atoms with Crippen molar-refractivity contribution >= 4 is 8.32 Å². The van der Waals surface area contributed by atoms with Gasteiger partial charge in [-0.3, -0.25) is 0 Å². The number of aliphatic hydroxyl groups is 1. The van der Waals surface area contributed by atoms with E-state index in [4.69, 9.17) is 23.4 Å². The number of hydrogen-bond donors (Lipinski definition) is 1. The molecule has 5 atom stereocenters. The van der Waals surface area contributed by atoms with E-state index in [9.17, 15) is 5.11 Å². The Morgan fingerprint density at radius 2 is 1.55 bits per heavy atom. The van der Waals surface area contributed by atoms with Gasteiger partial charge in [-0.15, -0.1) is 0 Å². The highest BCUT2D eigenvalue weighted by Gasteiger charge is 2.58. The lowest BCUT2D eigenvalue weighted by molar-refractivity contribution is -0.455. The quantitative estimate of drug-likeness (QED) is 0.658. The fourth-order valence-corrected chi connectivity index (χ4v) is 4.13. The van der Waals surface area contributed by atoms with E-state index in [1.807, 2.05) is 30.3 Å². The second-order valence-electron chi connectivity index (χ2n) is 9.47. The normalized spacial score (nSPS) is 32.2. The predicted octanol–water partition coefficient (Wildman–Crippen LogP) is 4.25. The third-order valence-corrected chi connectivity index (χ3v) is 11.1. The maximum Gasteiger partial charge on any atom is 0.220 e. The third-order valence-electron chi connectivity index (χ3n) is 6.57. The van der Waals surface area contributed by atoms with Crippen molar-refractivity contribution < 1.29 is 28.5 Å². The van der Waals surface area contributed by atoms with Crippen molar-refractivity contribution in [3.63, 3.8) is 0 Å². The molecule has 0 aliphatic carbocycles. The number of aliphatic hydroxyl groups excluding tert-OH is 1. The van der Waals surface area contributed by atoms with Crippen LogP contribution in [-0.2, 0) is 23.4 Å². The van der Waals surface area contributed by atoms with E-state index >= 15 is 0 Å². The zero-order valence-electron chi connectivity index (χ0n) is 19.3. The van der Waals surface area contributed by atoms with Crippen LogP contribution in [0.3, 0.4) is 0 Å². The summed E-state index contributed by atoms with van der Waals surface area (Å²) in [4.78, 5) is 0. The lowest BCUT2D eigenvalue weighted by Crippen LogP contribution is -2.67. The minimum absolute atomic E-state index is 0.0572. The van der Waals surface area contributed by atoms with Crippen LogP contribution in [0.25, 0.3) is 0 Å². The summed E-state index contributed by atoms with van der Waals surface area (Å²) in [5, 5.41) is 11.2. The summed E-state index contributed by atoms with van der Waals surface area (Å²) in [6.45, 7) is 14.8. The third kappa shape index (κ3) is 4.93. The highest BCUT2D eigenvalue weighted by atomic mass is 28.4. The average Bonchev–Trinajstić information content (AvgIpc) is 2.67. The summed E-state index contributed by atoms with van der Waals surface area (Å²) in [5.74, 6) is -2.36. The molecular weight excluding hydrogens is 388 g/mol. The van der Waals surface area contributed by atoms with Crippen molar-refractivity contribution in [1.29, 1.82) is 0 Å². The van der Waals surface area contributed by atoms with Gasteiger partial charge in [0.2, 0.25) is 11.6 Å². The zero-order valence-corrected chi connectivity index (χ0v) is 20.3. The standard InChI is InChI=1S/C22H38O6Si/c1-20(2,3)29(8,9)26-15-17-19(18(23)16-13-11-10-12-14-16)28-22(5,25-7)21(4,24-6)27-17/h10-14,17-19,23H,15H2,1-9H3/t17-,18+,19-,21+,22+/m0/s1. The van der Waals surface area contributed by atoms with Crippen LogP contribution in [0.15, 0.2) is 30.3 Å². The van der Waals surface area contributed by atoms with Gasteiger partial charge in [-0.1, -0.05) is 51.1 Å². The van der Waals surface area contributed by atoms with Gasteiger partial charge < -0.3 is 28.5 Å². The van der Waals surface area contributed by atoms with Gasteiger partial charge in [0.05, 0.1) is 6.61 Å². The molecule has 166 valence electrons. The van der Waals surface area contributed by atoms with Crippen molar-refractivity contribution in [3.8, 4) is 0 Å². The van der Waals surface area contributed by atoms with Crippen molar-refractivity contribution in [2.45, 2.75) is 82.6 Å². The molecule has 6 nitrogen and oxygen atoms in total. The van der Waals surface area contributed by atoms with Gasteiger partial charge in [-0.05, 0) is 37.5 Å². The van der Waals surface area contributed by atoms with Crippen LogP contribution < -0.4 is 0 Å². The van der Waals surface area contributed by atoms with Crippen LogP contribution >= 0.6 is 0 Å². The summed E-state index contributed by atoms with van der Waals surface area (Å²) >= 11 is 0. The van der Waals surface area contributed by atoms with E-state index in [0.29, 0.717) is 6.61 Å². The fourth-order valence-electron chi connectivity index (χ4n) is 3.12. The van der Waals surface area contributed by atoms with Gasteiger partial charge in [0, 0.05) is 14.2 Å². The Hall–Kier alpha value is -0.803. The summed E-state index contributed by atoms with van der Waals surface area (Å²) < 4.78 is 30.4. The molecule has 1 aliphatic rings. The van der Waals surface area contributed by atoms with Crippen molar-refractivity contribution in [3.05, 3.63) is 35.9 Å². The van der Waals surface area contributed by atoms with Crippen molar-refractivity contribution in [2.75, 3.05) is 20.8 Å². The Labute approximate surface area is 176 Å². The van der Waals surface area contributed by atoms with E-state index in [1.165, 1.54) is 0 Å². The maximum absolute atomic E-state index is 11.1. The molecule has 0 aromatic heterocycles. The average molecular weight is 427 g/mol. The highest BCUT2D eigenvalue weighted by molar-refractivity contribution is 6.74. The van der Waals surface area contributed by atoms with Gasteiger partial charge in [0.15, 0.2) is 8.32 Å². The van der Waals surface area contributed by atoms with Crippen molar-refractivity contribution in [1.82, 2.24) is 0 Å². The Kier molecular flexibility index (Phi) is 7.38. The van der Waals surface area contributed by atoms with E-state index in [1.54, 1.807) is 28.1 Å². The number of ether oxygens (including phenoxy) is 4. The molecule has 1 saturated heterocycles. The van der Waals surface area contributed by atoms with Gasteiger partial charge in [0.25, 0.3) is 0 Å². The lowest BCUT2D eigenvalue weighted by Gasteiger charge is -2.53. The molecular formula is C22H38O6Si. The SMILES string of the molecule is CO[C@]1(C)O[C@H]([C@H](O)c2ccccc2)[C@H](CO[Si](C)(C)C(C)(C)C)O[C@@]1(C)OC. The number of methoxy groups -OCH3 is 2. The van der Waals surface area contributed by atoms with Crippen LogP contribution in [0.5, 0.6) is 0 Å². The van der Waals surface area contributed by atoms with Crippen LogP contribution in [0, 0.1) is 0 Å². The first-order valence-corrected chi connectivity index (χ1v) is 13.0. The molecule has 1 heterocycles. The maximum atomic E-state index is 11.1. The van der Waals surface area contributed by atoms with Crippen LogP contribution in [0.4, 0.5) is 0 Å². The largest absolute Gasteiger partial charge is 0.414 e. The summed E-state index contributed by atoms with van der Waals surface area (Å²) in [7, 11) is 1.07. The summed E-state index contributed by atoms with van der Waals surface area (Å²) in [6.07, 6.45) is -2.12. The number of benzene rings is 1. The molecule has 29 heavy (non-hydrogen) atoms. The summed E-state index contributed by atoms with van der Waals surface area (Å²) in [6, 6.07) is 9.42. The van der Waals surface area contributed by atoms with Gasteiger partial charge in [-0.25, -0.2) is 0 Å². The van der Waals surface area contributed by atoms with Gasteiger partial charge in [-0.2, -0.15) is 0 Å². The first kappa shape index (κ1) is 24.5. The first-order chi connectivity index (χ1) is 13.3. The molecule has 1 N–H and O–H groups in total. The van der Waals surface area contributed by atoms with Crippen molar-refractivity contribution in [2.24, 2.45) is 0 Å². The monoisotopic (exact) mass is 426 g/mol. The number of rotatable bonds is 7. The molecule has 0 saturated carbocycles. The minimum Gasteiger partial charge on any atom is -0.414 e. The fraction of sp³-hybridized carbons (Fsp3) is 0.727. The molecule has 0 radical (unpaired) electrons. The summed E-state index contributed by atoms with van der Waals surface area (Å²) in [5.41, 5.74) is 0.748. The first-order valence-electron chi connectivity index (χ1n) is 10.1. The van der Waals surface area contributed by atoms with E-state index in [-0.39, 0.29) is 5.04 Å². The van der Waals surface area contributed by atoms with E-state index in [2.05, 4.69) is 33.9 Å². The molecule has 1 aliphatic heterocycles. The van der Waals surface area contributed by atoms with Crippen LogP contribution in [0.1, 0.15) is 46.3 Å². The highest BCUT2D eigenvalue weighted by Crippen LogP contribution is 2.43. The molecule has 0 spiro atoms. The number of hydrogen-bond acceptors (Lipinski definition) is 6. The molecule has 2 rings (SSSR count). The van der Waals surface area contributed by atoms with Crippen LogP contribution in [0.2, 0.25) is 18.1 Å². The topological polar surface area (TPSA) is 66.4 Å². The Morgan fingerprint density at radius 3 is 2.03 bits per heavy atom. The minimum atomic E-state index is -2.02. The van der Waals surface area contributed by atoms with Crippen LogP contribution in [-0.4, -0.2) is 58.0 Å². The molecule has 0 unspecified atom stereocenters. The van der Waals surface area contributed by atoms with E-state index in [0.717, 1.165) is 5.56 Å². The Balaban J connectivity index is 2.35. The second-order valence-corrected chi connectivity index (χ2v) is 14.3. The molecule has 0 amide bonds. The smallest absolute Gasteiger partial charge is 0.220 e. The second kappa shape index (κ2) is 8.75. The van der Waals surface area contributed by atoms with Gasteiger partial charge >= 0.3 is 0 Å². The molecule has 7 heteroatoms. The zero-order chi connectivity index (χ0) is 22.1. The van der Waals surface area contributed by atoms with E-state index < -0.39 is 38.2 Å². The molecule has 1 aromatic carbocycles. The Bertz CT molecular complexity index is 661.